The van der Waals surface area contributed by atoms with E-state index < -0.39 is 0 Å². The summed E-state index contributed by atoms with van der Waals surface area (Å²) in [6.07, 6.45) is 0. The minimum atomic E-state index is -0.0321. The second-order valence-electron chi connectivity index (χ2n) is 16.2. The highest BCUT2D eigenvalue weighted by Gasteiger charge is 2.36. The van der Waals surface area contributed by atoms with Crippen molar-refractivity contribution in [1.29, 1.82) is 0 Å². The average Bonchev–Trinajstić information content (AvgIpc) is 3.61. The summed E-state index contributed by atoms with van der Waals surface area (Å²) in [7, 11) is 0. The molecule has 0 saturated heterocycles. The van der Waals surface area contributed by atoms with Crippen LogP contribution in [0.15, 0.2) is 188 Å². The van der Waals surface area contributed by atoms with Crippen LogP contribution in [0.2, 0.25) is 0 Å². The Bertz CT molecular complexity index is 2580. The quantitative estimate of drug-likeness (QED) is 0.166. The number of fused-ring (bicyclic) bond motifs is 6. The fraction of sp³-hybridized carbons (Fsp3) is 0.111. The Morgan fingerprint density at radius 2 is 0.655 bits per heavy atom. The van der Waals surface area contributed by atoms with Crippen LogP contribution in [0.4, 0.5) is 17.1 Å². The van der Waals surface area contributed by atoms with Crippen LogP contribution in [0.1, 0.15) is 49.9 Å². The van der Waals surface area contributed by atoms with Crippen molar-refractivity contribution in [2.75, 3.05) is 4.90 Å². The lowest BCUT2D eigenvalue weighted by Gasteiger charge is -2.27. The van der Waals surface area contributed by atoms with Crippen LogP contribution in [0.25, 0.3) is 55.6 Å². The van der Waals surface area contributed by atoms with Crippen molar-refractivity contribution in [2.24, 2.45) is 0 Å². The maximum absolute atomic E-state index is 2.41. The molecule has 0 heterocycles. The Balaban J connectivity index is 1.02. The molecule has 0 unspecified atom stereocenters. The number of anilines is 3. The van der Waals surface area contributed by atoms with Crippen molar-refractivity contribution < 1.29 is 0 Å². The van der Waals surface area contributed by atoms with Crippen molar-refractivity contribution in [2.45, 2.75) is 38.5 Å². The van der Waals surface area contributed by atoms with Gasteiger partial charge >= 0.3 is 0 Å². The first-order chi connectivity index (χ1) is 26.8. The van der Waals surface area contributed by atoms with Crippen molar-refractivity contribution in [1.82, 2.24) is 0 Å². The molecule has 0 aliphatic heterocycles. The molecule has 1 heteroatoms. The minimum Gasteiger partial charge on any atom is -0.310 e. The zero-order chi connectivity index (χ0) is 37.3. The minimum absolute atomic E-state index is 0.0321. The fourth-order valence-electron chi connectivity index (χ4n) is 9.28. The van der Waals surface area contributed by atoms with Crippen LogP contribution in [-0.2, 0) is 10.8 Å². The summed E-state index contributed by atoms with van der Waals surface area (Å²) in [4.78, 5) is 2.38. The first-order valence-electron chi connectivity index (χ1n) is 19.4. The number of benzene rings is 8. The maximum atomic E-state index is 2.41. The fourth-order valence-corrected chi connectivity index (χ4v) is 9.28. The summed E-state index contributed by atoms with van der Waals surface area (Å²) in [5.41, 5.74) is 21.6. The molecule has 264 valence electrons. The van der Waals surface area contributed by atoms with Gasteiger partial charge in [-0.05, 0) is 126 Å². The van der Waals surface area contributed by atoms with Gasteiger partial charge in [0.2, 0.25) is 0 Å². The highest BCUT2D eigenvalue weighted by molar-refractivity contribution is 5.87. The van der Waals surface area contributed by atoms with Crippen LogP contribution < -0.4 is 4.90 Å². The second-order valence-corrected chi connectivity index (χ2v) is 16.2. The lowest BCUT2D eigenvalue weighted by atomic mass is 9.81. The van der Waals surface area contributed by atoms with Gasteiger partial charge in [-0.3, -0.25) is 0 Å². The van der Waals surface area contributed by atoms with E-state index in [4.69, 9.17) is 0 Å². The molecule has 10 rings (SSSR count). The molecular weight excluding hydrogens is 663 g/mol. The number of hydrogen-bond acceptors (Lipinski definition) is 1. The van der Waals surface area contributed by atoms with Gasteiger partial charge in [0.1, 0.15) is 0 Å². The summed E-state index contributed by atoms with van der Waals surface area (Å²) in [5.74, 6) is 0. The molecule has 0 bridgehead atoms. The largest absolute Gasteiger partial charge is 0.310 e. The summed E-state index contributed by atoms with van der Waals surface area (Å²) in [5, 5.41) is 0. The van der Waals surface area contributed by atoms with Crippen molar-refractivity contribution >= 4 is 17.1 Å². The molecule has 0 fully saturated rings. The summed E-state index contributed by atoms with van der Waals surface area (Å²) in [6.45, 7) is 9.39. The third-order valence-corrected chi connectivity index (χ3v) is 12.3. The zero-order valence-corrected chi connectivity index (χ0v) is 31.8. The Hall–Kier alpha value is -6.44. The van der Waals surface area contributed by atoms with E-state index >= 15 is 0 Å². The first kappa shape index (κ1) is 33.2. The molecule has 8 aromatic rings. The average molecular weight is 706 g/mol. The van der Waals surface area contributed by atoms with Gasteiger partial charge in [-0.25, -0.2) is 0 Å². The molecule has 8 aromatic carbocycles. The second kappa shape index (κ2) is 12.6. The molecule has 0 saturated carbocycles. The monoisotopic (exact) mass is 705 g/mol. The summed E-state index contributed by atoms with van der Waals surface area (Å²) in [6, 6.07) is 69.4. The molecule has 0 amide bonds. The third-order valence-electron chi connectivity index (χ3n) is 12.3. The van der Waals surface area contributed by atoms with E-state index in [1.165, 1.54) is 77.9 Å². The molecule has 2 aliphatic rings. The van der Waals surface area contributed by atoms with Crippen molar-refractivity contribution in [3.8, 4) is 55.6 Å². The molecule has 0 aromatic heterocycles. The SMILES string of the molecule is CC1(C)c2ccccc2-c2ccc(-c3ccc(N(c4ccc(-c5ccc6c(c5)C(C)(C)c5ccccc5-6)cc4)c4cccc(-c5ccccc5)c4)cc3)cc21. The number of rotatable bonds is 6. The van der Waals surface area contributed by atoms with Crippen LogP contribution in [0, 0.1) is 0 Å². The van der Waals surface area contributed by atoms with E-state index in [-0.39, 0.29) is 10.8 Å². The maximum Gasteiger partial charge on any atom is 0.0467 e. The Morgan fingerprint density at radius 3 is 1.16 bits per heavy atom. The van der Waals surface area contributed by atoms with E-state index in [1.54, 1.807) is 0 Å². The zero-order valence-electron chi connectivity index (χ0n) is 31.8. The van der Waals surface area contributed by atoms with Gasteiger partial charge in [0.25, 0.3) is 0 Å². The normalized spacial score (nSPS) is 14.1. The topological polar surface area (TPSA) is 3.24 Å². The molecule has 0 radical (unpaired) electrons. The number of nitrogens with zero attached hydrogens (tertiary/aromatic N) is 1. The van der Waals surface area contributed by atoms with Crippen molar-refractivity contribution in [3.05, 3.63) is 210 Å². The standard InChI is InChI=1S/C54H43N/c1-53(2)49-19-10-8-17-45(49)47-31-25-40(34-51(47)53)37-21-27-42(28-22-37)55(44-16-12-15-39(33-44)36-13-6-5-7-14-36)43-29-23-38(24-30-43)41-26-32-48-46-18-9-11-20-50(46)54(3,4)52(48)35-41/h5-35H,1-4H3. The molecular formula is C54H43N. The van der Waals surface area contributed by atoms with Gasteiger partial charge in [-0.1, -0.05) is 167 Å². The highest BCUT2D eigenvalue weighted by atomic mass is 15.1. The molecule has 0 atom stereocenters. The Morgan fingerprint density at radius 1 is 0.273 bits per heavy atom. The van der Waals surface area contributed by atoms with Gasteiger partial charge < -0.3 is 4.90 Å². The molecule has 2 aliphatic carbocycles. The number of hydrogen-bond donors (Lipinski definition) is 0. The third kappa shape index (κ3) is 5.37. The van der Waals surface area contributed by atoms with Crippen LogP contribution in [0.5, 0.6) is 0 Å². The van der Waals surface area contributed by atoms with E-state index in [0.29, 0.717) is 0 Å². The van der Waals surface area contributed by atoms with Gasteiger partial charge in [0.05, 0.1) is 0 Å². The van der Waals surface area contributed by atoms with Gasteiger partial charge in [0, 0.05) is 27.9 Å². The summed E-state index contributed by atoms with van der Waals surface area (Å²) >= 11 is 0. The van der Waals surface area contributed by atoms with Crippen LogP contribution in [0.3, 0.4) is 0 Å². The Kier molecular flexibility index (Phi) is 7.58. The summed E-state index contributed by atoms with van der Waals surface area (Å²) < 4.78 is 0. The predicted molar refractivity (Wildman–Crippen MR) is 233 cm³/mol. The molecule has 0 spiro atoms. The van der Waals surface area contributed by atoms with Crippen LogP contribution in [-0.4, -0.2) is 0 Å². The van der Waals surface area contributed by atoms with E-state index in [2.05, 4.69) is 221 Å². The van der Waals surface area contributed by atoms with E-state index in [9.17, 15) is 0 Å². The van der Waals surface area contributed by atoms with Crippen molar-refractivity contribution in [3.63, 3.8) is 0 Å². The van der Waals surface area contributed by atoms with Gasteiger partial charge in [-0.15, -0.1) is 0 Å². The molecule has 1 nitrogen and oxygen atoms in total. The van der Waals surface area contributed by atoms with E-state index in [0.717, 1.165) is 17.1 Å². The highest BCUT2D eigenvalue weighted by Crippen LogP contribution is 2.51. The lowest BCUT2D eigenvalue weighted by Crippen LogP contribution is -2.14. The lowest BCUT2D eigenvalue weighted by molar-refractivity contribution is 0.660. The molecule has 55 heavy (non-hydrogen) atoms. The Labute approximate surface area is 325 Å². The van der Waals surface area contributed by atoms with Gasteiger partial charge in [-0.2, -0.15) is 0 Å². The molecule has 0 N–H and O–H groups in total. The van der Waals surface area contributed by atoms with Crippen LogP contribution >= 0.6 is 0 Å². The predicted octanol–water partition coefficient (Wildman–Crippen LogP) is 14.8. The smallest absolute Gasteiger partial charge is 0.0467 e. The first-order valence-corrected chi connectivity index (χ1v) is 19.4. The van der Waals surface area contributed by atoms with Gasteiger partial charge in [0.15, 0.2) is 0 Å². The van der Waals surface area contributed by atoms with E-state index in [1.807, 2.05) is 0 Å².